The standard InChI is InChI=1S/C9H11NO2.C4H8N2O3/c10-8(9(11)12)6-7-4-2-1-3-5-7;5-2(4(6)9)1-3(7)8/h1-5,8H,6,10H2,(H,11,12);2H,1,5H2,(H2,6,9)(H,7,8). The number of amides is 1. The van der Waals surface area contributed by atoms with E-state index in [1.165, 1.54) is 0 Å². The van der Waals surface area contributed by atoms with Gasteiger partial charge in [0.1, 0.15) is 6.04 Å². The minimum absolute atomic E-state index is 0.385. The van der Waals surface area contributed by atoms with Gasteiger partial charge in [0.15, 0.2) is 0 Å². The molecule has 2 atom stereocenters. The predicted octanol–water partition coefficient (Wildman–Crippen LogP) is -1.09. The van der Waals surface area contributed by atoms with Crippen molar-refractivity contribution in [2.75, 3.05) is 0 Å². The van der Waals surface area contributed by atoms with Gasteiger partial charge >= 0.3 is 11.9 Å². The van der Waals surface area contributed by atoms with Crippen LogP contribution < -0.4 is 17.2 Å². The summed E-state index contributed by atoms with van der Waals surface area (Å²) in [5.74, 6) is -2.88. The van der Waals surface area contributed by atoms with E-state index in [0.29, 0.717) is 6.42 Å². The number of aliphatic carboxylic acids is 2. The normalized spacial score (nSPS) is 12.5. The fraction of sp³-hybridized carbons (Fsp3) is 0.308. The molecule has 1 aromatic carbocycles. The number of carbonyl (C=O) groups is 3. The molecule has 8 heteroatoms. The molecule has 0 saturated carbocycles. The van der Waals surface area contributed by atoms with Crippen molar-refractivity contribution < 1.29 is 24.6 Å². The predicted molar refractivity (Wildman–Crippen MR) is 75.2 cm³/mol. The van der Waals surface area contributed by atoms with Gasteiger partial charge in [-0.2, -0.15) is 0 Å². The van der Waals surface area contributed by atoms with Crippen molar-refractivity contribution in [3.63, 3.8) is 0 Å². The molecule has 0 fully saturated rings. The van der Waals surface area contributed by atoms with E-state index in [4.69, 9.17) is 21.7 Å². The zero-order valence-electron chi connectivity index (χ0n) is 11.3. The monoisotopic (exact) mass is 297 g/mol. The van der Waals surface area contributed by atoms with Crippen LogP contribution in [0.4, 0.5) is 0 Å². The van der Waals surface area contributed by atoms with Crippen molar-refractivity contribution in [3.8, 4) is 0 Å². The third-order valence-corrected chi connectivity index (χ3v) is 2.38. The summed E-state index contributed by atoms with van der Waals surface area (Å²) >= 11 is 0. The first-order valence-corrected chi connectivity index (χ1v) is 6.03. The average Bonchev–Trinajstić information content (AvgIpc) is 2.39. The van der Waals surface area contributed by atoms with Crippen LogP contribution in [0.5, 0.6) is 0 Å². The van der Waals surface area contributed by atoms with Gasteiger partial charge in [-0.25, -0.2) is 0 Å². The molecular weight excluding hydrogens is 278 g/mol. The Morgan fingerprint density at radius 2 is 1.52 bits per heavy atom. The second-order valence-electron chi connectivity index (χ2n) is 4.24. The molecule has 0 heterocycles. The van der Waals surface area contributed by atoms with Gasteiger partial charge in [0.25, 0.3) is 0 Å². The van der Waals surface area contributed by atoms with E-state index in [2.05, 4.69) is 5.73 Å². The first kappa shape index (κ1) is 18.6. The molecule has 0 radical (unpaired) electrons. The van der Waals surface area contributed by atoms with Crippen LogP contribution in [0.1, 0.15) is 12.0 Å². The molecule has 2 unspecified atom stereocenters. The smallest absolute Gasteiger partial charge is 0.320 e. The summed E-state index contributed by atoms with van der Waals surface area (Å²) in [5, 5.41) is 16.6. The van der Waals surface area contributed by atoms with Gasteiger partial charge in [0, 0.05) is 0 Å². The molecule has 0 aliphatic rings. The molecule has 1 amide bonds. The van der Waals surface area contributed by atoms with Crippen LogP contribution in [-0.4, -0.2) is 40.1 Å². The van der Waals surface area contributed by atoms with Crippen LogP contribution in [0, 0.1) is 0 Å². The first-order valence-electron chi connectivity index (χ1n) is 6.03. The quantitative estimate of drug-likeness (QED) is 0.444. The molecule has 116 valence electrons. The number of nitrogens with two attached hydrogens (primary N) is 3. The van der Waals surface area contributed by atoms with E-state index in [-0.39, 0.29) is 0 Å². The minimum atomic E-state index is -1.12. The summed E-state index contributed by atoms with van der Waals surface area (Å²) in [5.41, 5.74) is 15.9. The lowest BCUT2D eigenvalue weighted by Gasteiger charge is -2.04. The summed E-state index contributed by atoms with van der Waals surface area (Å²) in [7, 11) is 0. The van der Waals surface area contributed by atoms with Crippen molar-refractivity contribution in [1.82, 2.24) is 0 Å². The van der Waals surface area contributed by atoms with Crippen molar-refractivity contribution in [2.24, 2.45) is 17.2 Å². The molecule has 0 spiro atoms. The van der Waals surface area contributed by atoms with Crippen molar-refractivity contribution in [2.45, 2.75) is 24.9 Å². The van der Waals surface area contributed by atoms with Gasteiger partial charge in [-0.05, 0) is 12.0 Å². The lowest BCUT2D eigenvalue weighted by molar-refractivity contribution is -0.139. The third-order valence-electron chi connectivity index (χ3n) is 2.38. The van der Waals surface area contributed by atoms with Gasteiger partial charge in [-0.3, -0.25) is 14.4 Å². The SMILES string of the molecule is NC(=O)C(N)CC(=O)O.NC(Cc1ccccc1)C(=O)O. The summed E-state index contributed by atoms with van der Waals surface area (Å²) in [6.07, 6.45) is -0.0223. The summed E-state index contributed by atoms with van der Waals surface area (Å²) in [6.45, 7) is 0. The van der Waals surface area contributed by atoms with E-state index in [1.807, 2.05) is 30.3 Å². The second-order valence-corrected chi connectivity index (χ2v) is 4.24. The molecular formula is C13H19N3O5. The van der Waals surface area contributed by atoms with E-state index in [0.717, 1.165) is 5.56 Å². The molecule has 1 rings (SSSR count). The number of carboxylic acids is 2. The topological polar surface area (TPSA) is 170 Å². The number of benzene rings is 1. The number of primary amides is 1. The maximum Gasteiger partial charge on any atom is 0.320 e. The molecule has 0 aliphatic carbocycles. The molecule has 8 N–H and O–H groups in total. The largest absolute Gasteiger partial charge is 0.481 e. The highest BCUT2D eigenvalue weighted by atomic mass is 16.4. The molecule has 0 aliphatic heterocycles. The Morgan fingerprint density at radius 1 is 1.00 bits per heavy atom. The first-order chi connectivity index (χ1) is 9.73. The summed E-state index contributed by atoms with van der Waals surface area (Å²) < 4.78 is 0. The number of carbonyl (C=O) groups excluding carboxylic acids is 1. The van der Waals surface area contributed by atoms with Crippen molar-refractivity contribution in [1.29, 1.82) is 0 Å². The lowest BCUT2D eigenvalue weighted by atomic mass is 10.1. The van der Waals surface area contributed by atoms with Gasteiger partial charge in [0.05, 0.1) is 12.5 Å². The van der Waals surface area contributed by atoms with Crippen LogP contribution >= 0.6 is 0 Å². The number of hydrogen-bond donors (Lipinski definition) is 5. The summed E-state index contributed by atoms with van der Waals surface area (Å²) in [6, 6.07) is 7.48. The maximum atomic E-state index is 10.4. The van der Waals surface area contributed by atoms with Gasteiger partial charge in [-0.1, -0.05) is 30.3 Å². The van der Waals surface area contributed by atoms with Crippen molar-refractivity contribution in [3.05, 3.63) is 35.9 Å². The van der Waals surface area contributed by atoms with Crippen LogP contribution in [0.25, 0.3) is 0 Å². The Morgan fingerprint density at radius 3 is 1.86 bits per heavy atom. The van der Waals surface area contributed by atoms with Gasteiger partial charge in [0.2, 0.25) is 5.91 Å². The molecule has 0 aromatic heterocycles. The van der Waals surface area contributed by atoms with Crippen LogP contribution in [0.3, 0.4) is 0 Å². The fourth-order valence-corrected chi connectivity index (χ4v) is 1.24. The number of carboxylic acid groups (broad SMARTS) is 2. The zero-order chi connectivity index (χ0) is 16.4. The Labute approximate surface area is 121 Å². The molecule has 1 aromatic rings. The Kier molecular flexibility index (Phi) is 8.35. The van der Waals surface area contributed by atoms with E-state index >= 15 is 0 Å². The number of rotatable bonds is 6. The van der Waals surface area contributed by atoms with E-state index in [9.17, 15) is 14.4 Å². The zero-order valence-corrected chi connectivity index (χ0v) is 11.3. The fourth-order valence-electron chi connectivity index (χ4n) is 1.24. The van der Waals surface area contributed by atoms with Crippen molar-refractivity contribution >= 4 is 17.8 Å². The van der Waals surface area contributed by atoms with Gasteiger partial charge < -0.3 is 27.4 Å². The minimum Gasteiger partial charge on any atom is -0.481 e. The maximum absolute atomic E-state index is 10.4. The Balaban J connectivity index is 0.000000400. The van der Waals surface area contributed by atoms with E-state index in [1.54, 1.807) is 0 Å². The van der Waals surface area contributed by atoms with Crippen LogP contribution in [-0.2, 0) is 20.8 Å². The van der Waals surface area contributed by atoms with Gasteiger partial charge in [-0.15, -0.1) is 0 Å². The molecule has 0 saturated heterocycles. The average molecular weight is 297 g/mol. The van der Waals surface area contributed by atoms with Crippen LogP contribution in [0.15, 0.2) is 30.3 Å². The highest BCUT2D eigenvalue weighted by Crippen LogP contribution is 2.01. The highest BCUT2D eigenvalue weighted by Gasteiger charge is 2.12. The molecule has 8 nitrogen and oxygen atoms in total. The lowest BCUT2D eigenvalue weighted by Crippen LogP contribution is -2.38. The Bertz CT molecular complexity index is 478. The van der Waals surface area contributed by atoms with E-state index < -0.39 is 36.4 Å². The molecule has 0 bridgehead atoms. The number of hydrogen-bond acceptors (Lipinski definition) is 5. The Hall–Kier alpha value is -2.45. The van der Waals surface area contributed by atoms with Crippen LogP contribution in [0.2, 0.25) is 0 Å². The molecule has 21 heavy (non-hydrogen) atoms. The highest BCUT2D eigenvalue weighted by molar-refractivity contribution is 5.84. The summed E-state index contributed by atoms with van der Waals surface area (Å²) in [4.78, 5) is 30.3. The second kappa shape index (κ2) is 9.45. The third kappa shape index (κ3) is 9.14.